The number of amides is 1. The molecule has 0 aliphatic carbocycles. The number of carbonyl (C=O) groups excluding carboxylic acids is 1. The van der Waals surface area contributed by atoms with Crippen LogP contribution in [-0.2, 0) is 4.79 Å². The van der Waals surface area contributed by atoms with Crippen molar-refractivity contribution in [2.75, 3.05) is 5.32 Å². The smallest absolute Gasteiger partial charge is 0.224 e. The van der Waals surface area contributed by atoms with Crippen LogP contribution in [0.1, 0.15) is 26.2 Å². The van der Waals surface area contributed by atoms with Crippen LogP contribution in [0.15, 0.2) is 73.2 Å². The summed E-state index contributed by atoms with van der Waals surface area (Å²) in [6.45, 7) is 2.05. The van der Waals surface area contributed by atoms with E-state index >= 15 is 0 Å². The van der Waals surface area contributed by atoms with Gasteiger partial charge in [0, 0.05) is 35.5 Å². The van der Waals surface area contributed by atoms with Crippen molar-refractivity contribution in [1.82, 2.24) is 30.1 Å². The van der Waals surface area contributed by atoms with E-state index in [1.165, 1.54) is 12.1 Å². The summed E-state index contributed by atoms with van der Waals surface area (Å²) >= 11 is 0. The predicted molar refractivity (Wildman–Crippen MR) is 146 cm³/mol. The van der Waals surface area contributed by atoms with Crippen molar-refractivity contribution in [3.05, 3.63) is 79.0 Å². The SMILES string of the molecule is CCCCC(=O)Nc1cncc(-c2cnc3[nH]nc(-c4nc5c(-c6ccc(F)cc6)cccc5[nH]4)c3c2)c1. The van der Waals surface area contributed by atoms with Crippen molar-refractivity contribution >= 4 is 33.7 Å². The van der Waals surface area contributed by atoms with Crippen molar-refractivity contribution in [3.8, 4) is 33.8 Å². The number of hydrogen-bond donors (Lipinski definition) is 3. The predicted octanol–water partition coefficient (Wildman–Crippen LogP) is 6.50. The minimum absolute atomic E-state index is 0.0265. The molecule has 38 heavy (non-hydrogen) atoms. The number of unbranched alkanes of at least 4 members (excludes halogenated alkanes) is 1. The lowest BCUT2D eigenvalue weighted by Crippen LogP contribution is -2.11. The maximum absolute atomic E-state index is 13.5. The number of anilines is 1. The molecule has 0 fully saturated rings. The molecule has 0 aliphatic heterocycles. The van der Waals surface area contributed by atoms with Gasteiger partial charge in [-0.15, -0.1) is 0 Å². The standard InChI is InChI=1S/C29H24FN7O/c1-2-3-7-25(38)33-21-12-18(14-31-16-21)19-13-23-27(36-37-28(23)32-15-19)29-34-24-6-4-5-22(26(24)35-29)17-8-10-20(30)11-9-17/h4-6,8-16H,2-3,7H2,1H3,(H,33,38)(H,34,35)(H,32,36,37). The van der Waals surface area contributed by atoms with Crippen LogP contribution in [0.4, 0.5) is 10.1 Å². The number of benzene rings is 2. The van der Waals surface area contributed by atoms with E-state index in [9.17, 15) is 9.18 Å². The lowest BCUT2D eigenvalue weighted by atomic mass is 10.0. The van der Waals surface area contributed by atoms with Gasteiger partial charge in [0.05, 0.1) is 28.3 Å². The number of H-pyrrole nitrogens is 2. The molecule has 4 heterocycles. The summed E-state index contributed by atoms with van der Waals surface area (Å²) in [7, 11) is 0. The number of nitrogens with one attached hydrogen (secondary N) is 3. The largest absolute Gasteiger partial charge is 0.337 e. The zero-order valence-corrected chi connectivity index (χ0v) is 20.6. The first-order valence-electron chi connectivity index (χ1n) is 12.4. The Morgan fingerprint density at radius 1 is 1.00 bits per heavy atom. The Morgan fingerprint density at radius 3 is 2.68 bits per heavy atom. The van der Waals surface area contributed by atoms with Gasteiger partial charge in [-0.1, -0.05) is 37.6 Å². The highest BCUT2D eigenvalue weighted by atomic mass is 19.1. The third kappa shape index (κ3) is 4.50. The molecular weight excluding hydrogens is 481 g/mol. The van der Waals surface area contributed by atoms with Crippen molar-refractivity contribution in [3.63, 3.8) is 0 Å². The normalized spacial score (nSPS) is 11.3. The van der Waals surface area contributed by atoms with E-state index in [-0.39, 0.29) is 11.7 Å². The van der Waals surface area contributed by atoms with Gasteiger partial charge in [0.1, 0.15) is 11.5 Å². The number of nitrogens with zero attached hydrogens (tertiary/aromatic N) is 4. The van der Waals surface area contributed by atoms with E-state index in [0.717, 1.165) is 51.5 Å². The maximum atomic E-state index is 13.5. The fraction of sp³-hybridized carbons (Fsp3) is 0.138. The van der Waals surface area contributed by atoms with Crippen LogP contribution in [0.3, 0.4) is 0 Å². The van der Waals surface area contributed by atoms with E-state index < -0.39 is 0 Å². The Morgan fingerprint density at radius 2 is 1.84 bits per heavy atom. The van der Waals surface area contributed by atoms with Crippen LogP contribution in [-0.4, -0.2) is 36.0 Å². The Labute approximate surface area is 217 Å². The third-order valence-electron chi connectivity index (χ3n) is 6.42. The molecule has 0 spiro atoms. The lowest BCUT2D eigenvalue weighted by Gasteiger charge is -2.07. The molecule has 4 aromatic heterocycles. The number of rotatable bonds is 7. The molecule has 0 saturated heterocycles. The second-order valence-corrected chi connectivity index (χ2v) is 9.10. The number of halogens is 1. The average molecular weight is 506 g/mol. The van der Waals surface area contributed by atoms with E-state index in [1.54, 1.807) is 30.7 Å². The van der Waals surface area contributed by atoms with Gasteiger partial charge in [-0.2, -0.15) is 5.10 Å². The van der Waals surface area contributed by atoms with E-state index in [2.05, 4.69) is 37.4 Å². The van der Waals surface area contributed by atoms with Gasteiger partial charge in [0.2, 0.25) is 5.91 Å². The number of imidazole rings is 1. The molecule has 0 radical (unpaired) electrons. The van der Waals surface area contributed by atoms with Crippen molar-refractivity contribution in [1.29, 1.82) is 0 Å². The monoisotopic (exact) mass is 505 g/mol. The topological polar surface area (TPSA) is 112 Å². The maximum Gasteiger partial charge on any atom is 0.224 e. The van der Waals surface area contributed by atoms with Crippen LogP contribution in [0.5, 0.6) is 0 Å². The summed E-state index contributed by atoms with van der Waals surface area (Å²) in [6.07, 6.45) is 7.40. The highest BCUT2D eigenvalue weighted by Gasteiger charge is 2.17. The summed E-state index contributed by atoms with van der Waals surface area (Å²) in [5, 5.41) is 11.2. The molecule has 0 saturated carbocycles. The molecule has 6 aromatic rings. The van der Waals surface area contributed by atoms with E-state index in [4.69, 9.17) is 4.98 Å². The van der Waals surface area contributed by atoms with E-state index in [0.29, 0.717) is 29.3 Å². The first kappa shape index (κ1) is 23.5. The molecule has 188 valence electrons. The quantitative estimate of drug-likeness (QED) is 0.229. The number of aromatic nitrogens is 6. The van der Waals surface area contributed by atoms with Crippen LogP contribution < -0.4 is 5.32 Å². The molecule has 0 unspecified atom stereocenters. The number of para-hydroxylation sites is 1. The Hall–Kier alpha value is -4.92. The lowest BCUT2D eigenvalue weighted by molar-refractivity contribution is -0.116. The molecule has 6 rings (SSSR count). The molecule has 3 N–H and O–H groups in total. The number of fused-ring (bicyclic) bond motifs is 2. The Kier molecular flexibility index (Phi) is 6.09. The third-order valence-corrected chi connectivity index (χ3v) is 6.42. The number of hydrogen-bond acceptors (Lipinski definition) is 5. The highest BCUT2D eigenvalue weighted by molar-refractivity contribution is 5.97. The van der Waals surface area contributed by atoms with Crippen LogP contribution in [0.25, 0.3) is 55.8 Å². The minimum Gasteiger partial charge on any atom is -0.337 e. The van der Waals surface area contributed by atoms with E-state index in [1.807, 2.05) is 30.3 Å². The Balaban J connectivity index is 1.37. The summed E-state index contributed by atoms with van der Waals surface area (Å²) < 4.78 is 13.5. The minimum atomic E-state index is -0.283. The molecule has 9 heteroatoms. The summed E-state index contributed by atoms with van der Waals surface area (Å²) in [6, 6.07) is 16.1. The zero-order valence-electron chi connectivity index (χ0n) is 20.6. The molecule has 2 aromatic carbocycles. The summed E-state index contributed by atoms with van der Waals surface area (Å²) in [5.41, 5.74) is 6.94. The summed E-state index contributed by atoms with van der Waals surface area (Å²) in [4.78, 5) is 29.3. The number of pyridine rings is 2. The van der Waals surface area contributed by atoms with Gasteiger partial charge < -0.3 is 10.3 Å². The van der Waals surface area contributed by atoms with Gasteiger partial charge in [-0.05, 0) is 42.3 Å². The Bertz CT molecular complexity index is 1770. The fourth-order valence-electron chi connectivity index (χ4n) is 4.48. The molecular formula is C29H24FN7O. The van der Waals surface area contributed by atoms with Gasteiger partial charge in [-0.25, -0.2) is 14.4 Å². The molecule has 0 bridgehead atoms. The second-order valence-electron chi connectivity index (χ2n) is 9.10. The average Bonchev–Trinajstić information content (AvgIpc) is 3.56. The molecule has 0 atom stereocenters. The highest BCUT2D eigenvalue weighted by Crippen LogP contribution is 2.32. The second kappa shape index (κ2) is 9.85. The first-order valence-corrected chi connectivity index (χ1v) is 12.4. The molecule has 1 amide bonds. The summed E-state index contributed by atoms with van der Waals surface area (Å²) in [5.74, 6) is 0.283. The van der Waals surface area contributed by atoms with Crippen LogP contribution in [0.2, 0.25) is 0 Å². The fourth-order valence-corrected chi connectivity index (χ4v) is 4.48. The van der Waals surface area contributed by atoms with Crippen LogP contribution in [0, 0.1) is 5.82 Å². The number of aromatic amines is 2. The molecule has 0 aliphatic rings. The van der Waals surface area contributed by atoms with Gasteiger partial charge in [0.25, 0.3) is 0 Å². The van der Waals surface area contributed by atoms with Gasteiger partial charge in [-0.3, -0.25) is 14.9 Å². The van der Waals surface area contributed by atoms with Gasteiger partial charge in [0.15, 0.2) is 11.5 Å². The first-order chi connectivity index (χ1) is 18.6. The van der Waals surface area contributed by atoms with Gasteiger partial charge >= 0.3 is 0 Å². The van der Waals surface area contributed by atoms with Crippen LogP contribution >= 0.6 is 0 Å². The van der Waals surface area contributed by atoms with Crippen molar-refractivity contribution in [2.45, 2.75) is 26.2 Å². The van der Waals surface area contributed by atoms with Crippen molar-refractivity contribution < 1.29 is 9.18 Å². The molecule has 8 nitrogen and oxygen atoms in total. The van der Waals surface area contributed by atoms with Crippen molar-refractivity contribution in [2.24, 2.45) is 0 Å². The zero-order chi connectivity index (χ0) is 26.1. The number of carbonyl (C=O) groups is 1.